The SMILES string of the molecule is COc1ccc([C@@]23CC[C@H](NC(=O)Nc4ccc(F)c(F)c4)C[C@H]2N(S(=O)(=O)CCN2CCC(C)CC2)CC3)cc1OC. The predicted molar refractivity (Wildman–Crippen MR) is 161 cm³/mol. The zero-order valence-electron chi connectivity index (χ0n) is 25.1. The Labute approximate surface area is 253 Å². The van der Waals surface area contributed by atoms with Gasteiger partial charge in [-0.3, -0.25) is 0 Å². The van der Waals surface area contributed by atoms with Gasteiger partial charge < -0.3 is 25.0 Å². The number of fused-ring (bicyclic) bond motifs is 1. The molecule has 0 unspecified atom stereocenters. The van der Waals surface area contributed by atoms with Gasteiger partial charge in [0.25, 0.3) is 0 Å². The number of nitrogens with zero attached hydrogens (tertiary/aromatic N) is 2. The molecule has 1 saturated carbocycles. The van der Waals surface area contributed by atoms with Gasteiger partial charge in [-0.15, -0.1) is 0 Å². The molecule has 0 aromatic heterocycles. The second kappa shape index (κ2) is 13.0. The van der Waals surface area contributed by atoms with Gasteiger partial charge in [0.15, 0.2) is 23.1 Å². The van der Waals surface area contributed by atoms with Gasteiger partial charge in [0.05, 0.1) is 20.0 Å². The summed E-state index contributed by atoms with van der Waals surface area (Å²) in [6.07, 6.45) is 4.50. The number of piperidine rings is 1. The molecule has 12 heteroatoms. The van der Waals surface area contributed by atoms with Crippen molar-refractivity contribution < 1.29 is 31.5 Å². The second-order valence-corrected chi connectivity index (χ2v) is 14.2. The first-order valence-electron chi connectivity index (χ1n) is 15.0. The van der Waals surface area contributed by atoms with Gasteiger partial charge in [-0.1, -0.05) is 13.0 Å². The van der Waals surface area contributed by atoms with E-state index < -0.39 is 33.1 Å². The van der Waals surface area contributed by atoms with E-state index in [1.807, 2.05) is 18.2 Å². The average molecular weight is 621 g/mol. The highest BCUT2D eigenvalue weighted by molar-refractivity contribution is 7.89. The van der Waals surface area contributed by atoms with Gasteiger partial charge in [-0.25, -0.2) is 22.0 Å². The number of sulfonamides is 1. The molecule has 2 aromatic rings. The van der Waals surface area contributed by atoms with Crippen molar-refractivity contribution in [1.82, 2.24) is 14.5 Å². The van der Waals surface area contributed by atoms with Crippen molar-refractivity contribution in [1.29, 1.82) is 0 Å². The van der Waals surface area contributed by atoms with E-state index in [4.69, 9.17) is 9.47 Å². The summed E-state index contributed by atoms with van der Waals surface area (Å²) >= 11 is 0. The fourth-order valence-corrected chi connectivity index (χ4v) is 8.80. The number of hydrogen-bond acceptors (Lipinski definition) is 6. The van der Waals surface area contributed by atoms with Crippen LogP contribution < -0.4 is 20.1 Å². The number of carbonyl (C=O) groups is 1. The number of hydrogen-bond donors (Lipinski definition) is 2. The molecule has 2 aliphatic heterocycles. The van der Waals surface area contributed by atoms with Gasteiger partial charge >= 0.3 is 6.03 Å². The number of rotatable bonds is 9. The molecule has 2 saturated heterocycles. The minimum Gasteiger partial charge on any atom is -0.493 e. The Morgan fingerprint density at radius 3 is 2.42 bits per heavy atom. The van der Waals surface area contributed by atoms with Crippen molar-refractivity contribution >= 4 is 21.7 Å². The quantitative estimate of drug-likeness (QED) is 0.421. The molecule has 3 atom stereocenters. The molecule has 0 radical (unpaired) electrons. The standard InChI is InChI=1S/C31H42F2N4O5S/c1-21-9-13-36(14-10-21)16-17-43(39,40)37-15-12-31(22-4-7-27(41-2)28(18-22)42-3)11-8-24(20-29(31)37)35-30(38)34-23-5-6-25(32)26(33)19-23/h4-7,18-19,21,24,29H,8-17,20H2,1-3H3,(H2,34,35,38)/t24-,29+,31-/m0/s1. The lowest BCUT2D eigenvalue weighted by atomic mass is 9.65. The number of amides is 2. The highest BCUT2D eigenvalue weighted by atomic mass is 32.2. The minimum atomic E-state index is -3.60. The third-order valence-electron chi connectivity index (χ3n) is 9.58. The van der Waals surface area contributed by atoms with Crippen molar-refractivity contribution in [2.75, 3.05) is 51.5 Å². The molecule has 0 spiro atoms. The Morgan fingerprint density at radius 1 is 0.977 bits per heavy atom. The molecule has 3 aliphatic rings. The van der Waals surface area contributed by atoms with Crippen LogP contribution in [0.25, 0.3) is 0 Å². The van der Waals surface area contributed by atoms with E-state index in [0.717, 1.165) is 43.6 Å². The molecule has 5 rings (SSSR count). The number of benzene rings is 2. The Balaban J connectivity index is 1.36. The number of nitrogens with one attached hydrogen (secondary N) is 2. The highest BCUT2D eigenvalue weighted by Crippen LogP contribution is 2.51. The third-order valence-corrected chi connectivity index (χ3v) is 11.4. The van der Waals surface area contributed by atoms with Crippen molar-refractivity contribution in [3.05, 3.63) is 53.6 Å². The normalized spacial score (nSPS) is 25.2. The summed E-state index contributed by atoms with van der Waals surface area (Å²) < 4.78 is 67.5. The van der Waals surface area contributed by atoms with Crippen LogP contribution in [0.3, 0.4) is 0 Å². The minimum absolute atomic E-state index is 0.0502. The summed E-state index contributed by atoms with van der Waals surface area (Å²) in [6, 6.07) is 7.71. The van der Waals surface area contributed by atoms with Crippen molar-refractivity contribution in [2.45, 2.75) is 62.9 Å². The molecular weight excluding hydrogens is 578 g/mol. The number of carbonyl (C=O) groups excluding carboxylic acids is 1. The van der Waals surface area contributed by atoms with Crippen LogP contribution in [-0.2, 0) is 15.4 Å². The van der Waals surface area contributed by atoms with Crippen molar-refractivity contribution in [3.8, 4) is 11.5 Å². The topological polar surface area (TPSA) is 100 Å². The Bertz CT molecular complexity index is 1420. The lowest BCUT2D eigenvalue weighted by Gasteiger charge is -2.45. The van der Waals surface area contributed by atoms with Crippen LogP contribution in [0.5, 0.6) is 11.5 Å². The predicted octanol–water partition coefficient (Wildman–Crippen LogP) is 4.73. The first-order chi connectivity index (χ1) is 20.5. The van der Waals surface area contributed by atoms with Gasteiger partial charge in [0, 0.05) is 42.3 Å². The van der Waals surface area contributed by atoms with E-state index in [9.17, 15) is 22.0 Å². The maximum absolute atomic E-state index is 13.9. The average Bonchev–Trinajstić information content (AvgIpc) is 3.39. The Kier molecular flexibility index (Phi) is 9.48. The van der Waals surface area contributed by atoms with Crippen molar-refractivity contribution in [3.63, 3.8) is 0 Å². The number of urea groups is 1. The Hall–Kier alpha value is -2.96. The van der Waals surface area contributed by atoms with E-state index in [1.165, 1.54) is 6.07 Å². The second-order valence-electron chi connectivity index (χ2n) is 12.1. The number of halogens is 2. The van der Waals surface area contributed by atoms with Crippen LogP contribution in [0.15, 0.2) is 36.4 Å². The first-order valence-corrected chi connectivity index (χ1v) is 16.6. The van der Waals surface area contributed by atoms with Crippen LogP contribution in [0.2, 0.25) is 0 Å². The zero-order valence-corrected chi connectivity index (χ0v) is 25.9. The van der Waals surface area contributed by atoms with Crippen LogP contribution in [0.4, 0.5) is 19.3 Å². The molecule has 236 valence electrons. The Morgan fingerprint density at radius 2 is 1.72 bits per heavy atom. The summed E-state index contributed by atoms with van der Waals surface area (Å²) in [5.74, 6) is -0.154. The van der Waals surface area contributed by atoms with Gasteiger partial charge in [0.1, 0.15) is 0 Å². The fraction of sp³-hybridized carbons (Fsp3) is 0.581. The molecular formula is C31H42F2N4O5S. The summed E-state index contributed by atoms with van der Waals surface area (Å²) in [5.41, 5.74) is 0.661. The largest absolute Gasteiger partial charge is 0.493 e. The molecule has 1 aliphatic carbocycles. The molecule has 2 N–H and O–H groups in total. The molecule has 43 heavy (non-hydrogen) atoms. The van der Waals surface area contributed by atoms with Crippen LogP contribution in [0.1, 0.15) is 51.0 Å². The highest BCUT2D eigenvalue weighted by Gasteiger charge is 2.55. The van der Waals surface area contributed by atoms with Gasteiger partial charge in [0.2, 0.25) is 10.0 Å². The fourth-order valence-electron chi connectivity index (χ4n) is 7.03. The lowest BCUT2D eigenvalue weighted by Crippen LogP contribution is -2.54. The van der Waals surface area contributed by atoms with E-state index >= 15 is 0 Å². The molecule has 2 aromatic carbocycles. The molecule has 9 nitrogen and oxygen atoms in total. The number of ether oxygens (including phenoxy) is 2. The molecule has 3 fully saturated rings. The van der Waals surface area contributed by atoms with Crippen LogP contribution in [-0.4, -0.2) is 81.9 Å². The number of methoxy groups -OCH3 is 2. The lowest BCUT2D eigenvalue weighted by molar-refractivity contribution is 0.181. The maximum atomic E-state index is 13.9. The van der Waals surface area contributed by atoms with Gasteiger partial charge in [-0.2, -0.15) is 4.31 Å². The van der Waals surface area contributed by atoms with Crippen molar-refractivity contribution in [2.24, 2.45) is 5.92 Å². The molecule has 2 amide bonds. The monoisotopic (exact) mass is 620 g/mol. The summed E-state index contributed by atoms with van der Waals surface area (Å²) in [4.78, 5) is 15.1. The van der Waals surface area contributed by atoms with Crippen LogP contribution >= 0.6 is 0 Å². The summed E-state index contributed by atoms with van der Waals surface area (Å²) in [5, 5.41) is 5.51. The first kappa shape index (κ1) is 31.5. The summed E-state index contributed by atoms with van der Waals surface area (Å²) in [7, 11) is -0.441. The van der Waals surface area contributed by atoms with Crippen LogP contribution in [0, 0.1) is 17.6 Å². The van der Waals surface area contributed by atoms with E-state index in [-0.39, 0.29) is 23.5 Å². The van der Waals surface area contributed by atoms with E-state index in [1.54, 1.807) is 18.5 Å². The summed E-state index contributed by atoms with van der Waals surface area (Å²) in [6.45, 7) is 4.95. The molecule has 2 heterocycles. The number of anilines is 1. The number of likely N-dealkylation sites (tertiary alicyclic amines) is 1. The van der Waals surface area contributed by atoms with E-state index in [0.29, 0.717) is 56.2 Å². The molecule has 0 bridgehead atoms. The maximum Gasteiger partial charge on any atom is 0.319 e. The van der Waals surface area contributed by atoms with Gasteiger partial charge in [-0.05, 0) is 87.4 Å². The van der Waals surface area contributed by atoms with E-state index in [2.05, 4.69) is 22.5 Å². The zero-order chi connectivity index (χ0) is 30.8. The smallest absolute Gasteiger partial charge is 0.319 e. The third kappa shape index (κ3) is 6.76.